The van der Waals surface area contributed by atoms with Crippen LogP contribution in [0.1, 0.15) is 28.7 Å². The molecule has 0 spiro atoms. The van der Waals surface area contributed by atoms with Crippen LogP contribution in [0.15, 0.2) is 122 Å². The average molecular weight is 491 g/mol. The van der Waals surface area contributed by atoms with E-state index in [4.69, 9.17) is 20.3 Å². The predicted octanol–water partition coefficient (Wildman–Crippen LogP) is 5.42. The van der Waals surface area contributed by atoms with E-state index in [1.165, 1.54) is 0 Å². The highest BCUT2D eigenvalue weighted by molar-refractivity contribution is 5.50. The molecule has 0 aliphatic rings. The normalized spacial score (nSPS) is 11.3. The highest BCUT2D eigenvalue weighted by Crippen LogP contribution is 2.40. The van der Waals surface area contributed by atoms with E-state index in [9.17, 15) is 0 Å². The zero-order valence-electron chi connectivity index (χ0n) is 20.6. The Morgan fingerprint density at radius 3 is 1.81 bits per heavy atom. The molecule has 2 N–H and O–H groups in total. The van der Waals surface area contributed by atoms with Crippen LogP contribution in [0.25, 0.3) is 0 Å². The van der Waals surface area contributed by atoms with Gasteiger partial charge in [-0.15, -0.1) is 5.10 Å². The summed E-state index contributed by atoms with van der Waals surface area (Å²) in [6.45, 7) is 1.46. The van der Waals surface area contributed by atoms with Gasteiger partial charge in [0.05, 0.1) is 13.2 Å². The Kier molecular flexibility index (Phi) is 7.58. The number of nitrogens with two attached hydrogens (primary N) is 1. The maximum Gasteiger partial charge on any atom is 0.335 e. The molecule has 0 fully saturated rings. The van der Waals surface area contributed by atoms with Crippen molar-refractivity contribution in [3.05, 3.63) is 144 Å². The van der Waals surface area contributed by atoms with E-state index in [1.54, 1.807) is 6.33 Å². The summed E-state index contributed by atoms with van der Waals surface area (Å²) in [6.07, 6.45) is 2.44. The van der Waals surface area contributed by atoms with Crippen LogP contribution in [0, 0.1) is 0 Å². The van der Waals surface area contributed by atoms with E-state index in [0.717, 1.165) is 28.0 Å². The Bertz CT molecular complexity index is 1290. The lowest BCUT2D eigenvalue weighted by Crippen LogP contribution is -2.38. The van der Waals surface area contributed by atoms with Crippen LogP contribution in [0.5, 0.6) is 11.8 Å². The van der Waals surface area contributed by atoms with E-state index >= 15 is 0 Å². The van der Waals surface area contributed by atoms with Crippen molar-refractivity contribution in [3.8, 4) is 11.8 Å². The molecule has 37 heavy (non-hydrogen) atoms. The number of benzene rings is 4. The van der Waals surface area contributed by atoms with Crippen molar-refractivity contribution in [2.45, 2.75) is 18.5 Å². The van der Waals surface area contributed by atoms with Crippen molar-refractivity contribution in [1.82, 2.24) is 14.8 Å². The first-order chi connectivity index (χ1) is 18.3. The fourth-order valence-corrected chi connectivity index (χ4v) is 4.59. The van der Waals surface area contributed by atoms with E-state index in [2.05, 4.69) is 41.4 Å². The summed E-state index contributed by atoms with van der Waals surface area (Å²) in [5.41, 5.74) is 9.28. The third kappa shape index (κ3) is 5.25. The first-order valence-electron chi connectivity index (χ1n) is 12.4. The van der Waals surface area contributed by atoms with Crippen LogP contribution >= 0.6 is 0 Å². The molecule has 0 radical (unpaired) electrons. The number of ether oxygens (including phenoxy) is 2. The zero-order chi connectivity index (χ0) is 25.3. The standard InChI is InChI=1S/C31H30N4O2/c32-23-25-12-10-19-29(22-25)36-20-11-21-37-30-33-24-35(34-30)31(26-13-4-1-5-14-26,27-15-6-2-7-16-27)28-17-8-3-9-18-28/h1-10,12-19,22,24H,11,20-21,23,32H2. The predicted molar refractivity (Wildman–Crippen MR) is 145 cm³/mol. The van der Waals surface area contributed by atoms with E-state index in [-0.39, 0.29) is 0 Å². The van der Waals surface area contributed by atoms with Crippen molar-refractivity contribution < 1.29 is 9.47 Å². The molecular weight excluding hydrogens is 460 g/mol. The van der Waals surface area contributed by atoms with Crippen molar-refractivity contribution >= 4 is 0 Å². The highest BCUT2D eigenvalue weighted by Gasteiger charge is 2.39. The Morgan fingerprint density at radius 2 is 1.24 bits per heavy atom. The molecule has 186 valence electrons. The molecule has 4 aromatic carbocycles. The van der Waals surface area contributed by atoms with Gasteiger partial charge in [-0.2, -0.15) is 4.98 Å². The summed E-state index contributed by atoms with van der Waals surface area (Å²) in [4.78, 5) is 4.51. The molecule has 6 heteroatoms. The Balaban J connectivity index is 1.38. The first kappa shape index (κ1) is 24.3. The summed E-state index contributed by atoms with van der Waals surface area (Å²) < 4.78 is 13.7. The van der Waals surface area contributed by atoms with Crippen LogP contribution in [0.4, 0.5) is 0 Å². The lowest BCUT2D eigenvalue weighted by Gasteiger charge is -2.35. The van der Waals surface area contributed by atoms with Crippen LogP contribution in [0.2, 0.25) is 0 Å². The summed E-state index contributed by atoms with van der Waals surface area (Å²) in [5, 5.41) is 4.82. The minimum absolute atomic E-state index is 0.331. The molecule has 0 atom stereocenters. The SMILES string of the molecule is NCc1cccc(OCCCOc2ncn(C(c3ccccc3)(c3ccccc3)c3ccccc3)n2)c1. The van der Waals surface area contributed by atoms with Gasteiger partial charge in [-0.3, -0.25) is 0 Å². The van der Waals surface area contributed by atoms with Gasteiger partial charge >= 0.3 is 6.01 Å². The third-order valence-corrected chi connectivity index (χ3v) is 6.31. The van der Waals surface area contributed by atoms with Crippen LogP contribution < -0.4 is 15.2 Å². The number of hydrogen-bond acceptors (Lipinski definition) is 5. The number of rotatable bonds is 11. The first-order valence-corrected chi connectivity index (χ1v) is 12.4. The summed E-state index contributed by atoms with van der Waals surface area (Å²) in [5.74, 6) is 0.809. The number of nitrogens with zero attached hydrogens (tertiary/aromatic N) is 3. The highest BCUT2D eigenvalue weighted by atomic mass is 16.5. The van der Waals surface area contributed by atoms with Gasteiger partial charge in [0, 0.05) is 13.0 Å². The van der Waals surface area contributed by atoms with E-state index in [0.29, 0.717) is 32.2 Å². The topological polar surface area (TPSA) is 75.2 Å². The lowest BCUT2D eigenvalue weighted by atomic mass is 9.77. The minimum Gasteiger partial charge on any atom is -0.493 e. The molecule has 0 saturated carbocycles. The Hall–Kier alpha value is -4.42. The molecule has 6 nitrogen and oxygen atoms in total. The van der Waals surface area contributed by atoms with Crippen molar-refractivity contribution in [3.63, 3.8) is 0 Å². The van der Waals surface area contributed by atoms with Crippen molar-refractivity contribution in [1.29, 1.82) is 0 Å². The molecule has 0 aliphatic carbocycles. The van der Waals surface area contributed by atoms with Gasteiger partial charge in [-0.1, -0.05) is 103 Å². The quantitative estimate of drug-likeness (QED) is 0.198. The second kappa shape index (κ2) is 11.5. The summed E-state index contributed by atoms with van der Waals surface area (Å²) >= 11 is 0. The molecule has 5 rings (SSSR count). The molecule has 0 bridgehead atoms. The Labute approximate surface area is 217 Å². The smallest absolute Gasteiger partial charge is 0.335 e. The maximum atomic E-state index is 5.93. The molecule has 0 amide bonds. The van der Waals surface area contributed by atoms with Gasteiger partial charge < -0.3 is 15.2 Å². The van der Waals surface area contributed by atoms with Gasteiger partial charge in [0.15, 0.2) is 0 Å². The largest absolute Gasteiger partial charge is 0.493 e. The summed E-state index contributed by atoms with van der Waals surface area (Å²) in [7, 11) is 0. The molecule has 5 aromatic rings. The van der Waals surface area contributed by atoms with Gasteiger partial charge in [0.1, 0.15) is 17.6 Å². The molecule has 0 saturated heterocycles. The minimum atomic E-state index is -0.713. The Morgan fingerprint density at radius 1 is 0.676 bits per heavy atom. The van der Waals surface area contributed by atoms with E-state index in [1.807, 2.05) is 83.5 Å². The van der Waals surface area contributed by atoms with Gasteiger partial charge in [-0.25, -0.2) is 4.68 Å². The van der Waals surface area contributed by atoms with Crippen LogP contribution in [-0.4, -0.2) is 28.0 Å². The fraction of sp³-hybridized carbons (Fsp3) is 0.161. The van der Waals surface area contributed by atoms with Gasteiger partial charge in [-0.05, 0) is 34.4 Å². The van der Waals surface area contributed by atoms with Gasteiger partial charge in [0.25, 0.3) is 0 Å². The van der Waals surface area contributed by atoms with Crippen LogP contribution in [0.3, 0.4) is 0 Å². The fourth-order valence-electron chi connectivity index (χ4n) is 4.59. The maximum absolute atomic E-state index is 5.93. The van der Waals surface area contributed by atoms with Crippen molar-refractivity contribution in [2.24, 2.45) is 5.73 Å². The molecular formula is C31H30N4O2. The number of aromatic nitrogens is 3. The van der Waals surface area contributed by atoms with E-state index < -0.39 is 5.54 Å². The number of hydrogen-bond donors (Lipinski definition) is 1. The molecule has 1 aromatic heterocycles. The van der Waals surface area contributed by atoms with Gasteiger partial charge in [0.2, 0.25) is 0 Å². The van der Waals surface area contributed by atoms with Crippen molar-refractivity contribution in [2.75, 3.05) is 13.2 Å². The lowest BCUT2D eigenvalue weighted by molar-refractivity contribution is 0.234. The van der Waals surface area contributed by atoms with Crippen LogP contribution in [-0.2, 0) is 12.1 Å². The second-order valence-electron chi connectivity index (χ2n) is 8.68. The average Bonchev–Trinajstić information content (AvgIpc) is 3.44. The zero-order valence-corrected chi connectivity index (χ0v) is 20.6. The third-order valence-electron chi connectivity index (χ3n) is 6.31. The molecule has 0 aliphatic heterocycles. The summed E-state index contributed by atoms with van der Waals surface area (Å²) in [6, 6.07) is 39.3. The second-order valence-corrected chi connectivity index (χ2v) is 8.68. The molecule has 1 heterocycles. The monoisotopic (exact) mass is 490 g/mol. The molecule has 0 unspecified atom stereocenters.